The smallest absolute Gasteiger partial charge is 0.194 e. The topological polar surface area (TPSA) is 104 Å². The maximum absolute atomic E-state index is 15.3. The summed E-state index contributed by atoms with van der Waals surface area (Å²) in [6, 6.07) is 13.0. The largest absolute Gasteiger partial charge is 0.456 e. The first-order valence-corrected chi connectivity index (χ1v) is 14.5. The number of hydrogen-bond acceptors (Lipinski definition) is 6. The summed E-state index contributed by atoms with van der Waals surface area (Å²) in [4.78, 5) is 13.4. The van der Waals surface area contributed by atoms with Crippen LogP contribution < -0.4 is 10.5 Å². The zero-order valence-electron chi connectivity index (χ0n) is 20.8. The average Bonchev–Trinajstić information content (AvgIpc) is 3.42. The number of Topliss-reactive ketones (excluding diaryl/α,β-unsaturated/α-hetero) is 1. The third-order valence-corrected chi connectivity index (χ3v) is 7.78. The van der Waals surface area contributed by atoms with Crippen LogP contribution in [0.1, 0.15) is 32.6 Å². The second kappa shape index (κ2) is 10.1. The highest BCUT2D eigenvalue weighted by molar-refractivity contribution is 7.89. The highest BCUT2D eigenvalue weighted by Gasteiger charge is 2.26. The number of sulfone groups is 1. The number of carbonyl (C=O) groups is 1. The van der Waals surface area contributed by atoms with Crippen molar-refractivity contribution in [1.29, 1.82) is 0 Å². The number of hydrogen-bond donors (Lipinski definition) is 1. The normalized spacial score (nSPS) is 12.8. The first-order chi connectivity index (χ1) is 18.4. The molecule has 39 heavy (non-hydrogen) atoms. The molecule has 11 heteroatoms. The minimum absolute atomic E-state index is 0.0190. The highest BCUT2D eigenvalue weighted by atomic mass is 35.5. The SMILES string of the molecule is Cc1cc(Oc2ccccc2Cl)cc(F)c1-n1ncc(C(=O)C2=Cc3cc(Cl)c(CS(C)(=O)=O)cc3C2)c1N. The molecular formula is C28H22Cl2FN3O4S. The Morgan fingerprint density at radius 2 is 1.90 bits per heavy atom. The standard InChI is InChI=1S/C28H22Cl2FN3O4S/c1-15-7-20(38-25-6-4-3-5-22(25)29)12-24(31)26(15)34-28(32)21(13-33-34)27(35)18-8-16-10-19(14-39(2,36)37)23(30)11-17(16)9-18/h3-7,9-13H,8,14,32H2,1-2H3. The van der Waals surface area contributed by atoms with Gasteiger partial charge >= 0.3 is 0 Å². The van der Waals surface area contributed by atoms with Crippen LogP contribution in [0.5, 0.6) is 11.5 Å². The third-order valence-electron chi connectivity index (χ3n) is 6.28. The number of nitrogens with zero attached hydrogens (tertiary/aromatic N) is 2. The lowest BCUT2D eigenvalue weighted by Gasteiger charge is -2.13. The van der Waals surface area contributed by atoms with Crippen LogP contribution in [0, 0.1) is 12.7 Å². The monoisotopic (exact) mass is 585 g/mol. The van der Waals surface area contributed by atoms with E-state index in [-0.39, 0.29) is 40.8 Å². The molecule has 4 aromatic rings. The van der Waals surface area contributed by atoms with Gasteiger partial charge in [0.2, 0.25) is 0 Å². The molecule has 0 fully saturated rings. The van der Waals surface area contributed by atoms with Crippen LogP contribution in [-0.4, -0.2) is 30.2 Å². The third kappa shape index (κ3) is 5.43. The fraction of sp³-hybridized carbons (Fsp3) is 0.143. The number of nitrogen functional groups attached to an aromatic ring is 1. The lowest BCUT2D eigenvalue weighted by molar-refractivity contribution is 0.103. The zero-order valence-corrected chi connectivity index (χ0v) is 23.2. The van der Waals surface area contributed by atoms with Gasteiger partial charge in [-0.2, -0.15) is 5.10 Å². The van der Waals surface area contributed by atoms with Crippen LogP contribution in [0.4, 0.5) is 10.2 Å². The van der Waals surface area contributed by atoms with E-state index in [1.165, 1.54) is 16.9 Å². The number of rotatable bonds is 7. The van der Waals surface area contributed by atoms with E-state index in [1.807, 2.05) is 0 Å². The van der Waals surface area contributed by atoms with Gasteiger partial charge in [-0.1, -0.05) is 41.4 Å². The minimum Gasteiger partial charge on any atom is -0.456 e. The van der Waals surface area contributed by atoms with E-state index in [1.54, 1.807) is 55.5 Å². The number of carbonyl (C=O) groups excluding carboxylic acids is 1. The Labute approximate surface area is 234 Å². The quantitative estimate of drug-likeness (QED) is 0.253. The number of anilines is 1. The number of aryl methyl sites for hydroxylation is 1. The molecule has 2 N–H and O–H groups in total. The molecule has 3 aromatic carbocycles. The first-order valence-electron chi connectivity index (χ1n) is 11.7. The predicted molar refractivity (Wildman–Crippen MR) is 150 cm³/mol. The van der Waals surface area contributed by atoms with Crippen LogP contribution in [-0.2, 0) is 22.0 Å². The molecule has 0 atom stereocenters. The number of allylic oxidation sites excluding steroid dienone is 1. The molecule has 1 heterocycles. The van der Waals surface area contributed by atoms with E-state index in [4.69, 9.17) is 33.7 Å². The van der Waals surface area contributed by atoms with Gasteiger partial charge in [-0.15, -0.1) is 0 Å². The summed E-state index contributed by atoms with van der Waals surface area (Å²) >= 11 is 12.4. The number of halogens is 3. The van der Waals surface area contributed by atoms with E-state index in [0.29, 0.717) is 32.5 Å². The molecule has 1 aliphatic rings. The van der Waals surface area contributed by atoms with Crippen molar-refractivity contribution in [3.63, 3.8) is 0 Å². The molecule has 0 amide bonds. The lowest BCUT2D eigenvalue weighted by atomic mass is 10.0. The summed E-state index contributed by atoms with van der Waals surface area (Å²) in [5, 5.41) is 4.89. The summed E-state index contributed by atoms with van der Waals surface area (Å²) in [5.74, 6) is -0.609. The van der Waals surface area contributed by atoms with Crippen LogP contribution >= 0.6 is 23.2 Å². The molecule has 0 saturated carbocycles. The maximum atomic E-state index is 15.3. The van der Waals surface area contributed by atoms with Crippen molar-refractivity contribution in [2.75, 3.05) is 12.0 Å². The molecular weight excluding hydrogens is 564 g/mol. The van der Waals surface area contributed by atoms with Gasteiger partial charge in [0.15, 0.2) is 21.4 Å². The van der Waals surface area contributed by atoms with Crippen molar-refractivity contribution in [2.45, 2.75) is 19.1 Å². The fourth-order valence-corrected chi connectivity index (χ4v) is 5.82. The summed E-state index contributed by atoms with van der Waals surface area (Å²) in [7, 11) is -3.29. The van der Waals surface area contributed by atoms with Gasteiger partial charge in [-0.25, -0.2) is 17.5 Å². The van der Waals surface area contributed by atoms with E-state index in [2.05, 4.69) is 5.10 Å². The Bertz CT molecular complexity index is 1780. The van der Waals surface area contributed by atoms with Crippen molar-refractivity contribution in [3.05, 3.63) is 104 Å². The van der Waals surface area contributed by atoms with E-state index in [0.717, 1.165) is 17.4 Å². The number of para-hydroxylation sites is 1. The number of aromatic nitrogens is 2. The molecule has 5 rings (SSSR count). The van der Waals surface area contributed by atoms with Gasteiger partial charge < -0.3 is 10.5 Å². The van der Waals surface area contributed by atoms with Crippen LogP contribution in [0.2, 0.25) is 10.0 Å². The molecule has 0 bridgehead atoms. The fourth-order valence-electron chi connectivity index (χ4n) is 4.53. The number of nitrogens with two attached hydrogens (primary N) is 1. The Hall–Kier alpha value is -3.66. The molecule has 200 valence electrons. The Balaban J connectivity index is 1.41. The lowest BCUT2D eigenvalue weighted by Crippen LogP contribution is -2.10. The number of fused-ring (bicyclic) bond motifs is 1. The average molecular weight is 586 g/mol. The summed E-state index contributed by atoms with van der Waals surface area (Å²) in [6.07, 6.45) is 4.40. The van der Waals surface area contributed by atoms with E-state index >= 15 is 4.39 Å². The molecule has 0 unspecified atom stereocenters. The second-order valence-corrected chi connectivity index (χ2v) is 12.3. The van der Waals surface area contributed by atoms with Gasteiger partial charge in [-0.05, 0) is 59.5 Å². The molecule has 7 nitrogen and oxygen atoms in total. The van der Waals surface area contributed by atoms with Gasteiger partial charge in [0, 0.05) is 29.3 Å². The van der Waals surface area contributed by atoms with Gasteiger partial charge in [0.1, 0.15) is 23.0 Å². The van der Waals surface area contributed by atoms with Gasteiger partial charge in [-0.3, -0.25) is 4.79 Å². The number of ether oxygens (including phenoxy) is 1. The van der Waals surface area contributed by atoms with E-state index in [9.17, 15) is 13.2 Å². The zero-order chi connectivity index (χ0) is 28.1. The first kappa shape index (κ1) is 26.9. The van der Waals surface area contributed by atoms with Crippen molar-refractivity contribution < 1.29 is 22.3 Å². The Morgan fingerprint density at radius 1 is 1.15 bits per heavy atom. The molecule has 0 radical (unpaired) electrons. The number of benzene rings is 3. The molecule has 1 aromatic heterocycles. The maximum Gasteiger partial charge on any atom is 0.194 e. The molecule has 1 aliphatic carbocycles. The van der Waals surface area contributed by atoms with Crippen LogP contribution in [0.3, 0.4) is 0 Å². The van der Waals surface area contributed by atoms with Crippen molar-refractivity contribution in [3.8, 4) is 17.2 Å². The van der Waals surface area contributed by atoms with Crippen LogP contribution in [0.25, 0.3) is 11.8 Å². The van der Waals surface area contributed by atoms with Crippen molar-refractivity contribution >= 4 is 50.7 Å². The molecule has 0 spiro atoms. The highest BCUT2D eigenvalue weighted by Crippen LogP contribution is 2.35. The minimum atomic E-state index is -3.29. The summed E-state index contributed by atoms with van der Waals surface area (Å²) in [6.45, 7) is 1.68. The Morgan fingerprint density at radius 3 is 2.59 bits per heavy atom. The Kier molecular flexibility index (Phi) is 7.00. The second-order valence-electron chi connectivity index (χ2n) is 9.35. The van der Waals surface area contributed by atoms with Crippen molar-refractivity contribution in [2.24, 2.45) is 0 Å². The predicted octanol–water partition coefficient (Wildman–Crippen LogP) is 6.37. The summed E-state index contributed by atoms with van der Waals surface area (Å²) in [5.41, 5.74) is 9.39. The van der Waals surface area contributed by atoms with Gasteiger partial charge in [0.25, 0.3) is 0 Å². The molecule has 0 saturated heterocycles. The van der Waals surface area contributed by atoms with Crippen molar-refractivity contribution in [1.82, 2.24) is 9.78 Å². The van der Waals surface area contributed by atoms with Gasteiger partial charge in [0.05, 0.1) is 22.5 Å². The number of ketones is 1. The summed E-state index contributed by atoms with van der Waals surface area (Å²) < 4.78 is 45.7. The van der Waals surface area contributed by atoms with E-state index < -0.39 is 15.7 Å². The molecule has 0 aliphatic heterocycles. The van der Waals surface area contributed by atoms with Crippen LogP contribution in [0.15, 0.2) is 60.3 Å².